The lowest BCUT2D eigenvalue weighted by Gasteiger charge is -2.32. The number of fused-ring (bicyclic) bond motifs is 1. The van der Waals surface area contributed by atoms with Crippen molar-refractivity contribution in [1.29, 1.82) is 0 Å². The van der Waals surface area contributed by atoms with Gasteiger partial charge in [-0.05, 0) is 61.9 Å². The van der Waals surface area contributed by atoms with E-state index in [1.54, 1.807) is 0 Å². The van der Waals surface area contributed by atoms with E-state index in [2.05, 4.69) is 34.1 Å². The molecule has 2 heterocycles. The minimum absolute atomic E-state index is 0.559. The van der Waals surface area contributed by atoms with Crippen molar-refractivity contribution in [2.45, 2.75) is 38.4 Å². The summed E-state index contributed by atoms with van der Waals surface area (Å²) in [5, 5.41) is 12.7. The summed E-state index contributed by atoms with van der Waals surface area (Å²) in [6, 6.07) is 16.3. The van der Waals surface area contributed by atoms with Gasteiger partial charge >= 0.3 is 0 Å². The van der Waals surface area contributed by atoms with Gasteiger partial charge in [-0.2, -0.15) is 0 Å². The minimum atomic E-state index is -0.761. The van der Waals surface area contributed by atoms with Crippen LogP contribution in [0.3, 0.4) is 0 Å². The van der Waals surface area contributed by atoms with Crippen molar-refractivity contribution in [3.63, 3.8) is 0 Å². The predicted octanol–water partition coefficient (Wildman–Crippen LogP) is 4.51. The standard InChI is InChI=1S/C24H28N2O2/c1-18-6-8-21(9-7-18)28-24(27)12-15-26-13-10-19(11-14-26)23-17-25-16-20-4-2-3-5-22(20)23/h2-9,16-17,19,24,27H,10-15H2,1H3. The molecule has 1 N–H and O–H groups in total. The number of hydrogen-bond donors (Lipinski definition) is 1. The zero-order valence-electron chi connectivity index (χ0n) is 16.4. The first-order valence-electron chi connectivity index (χ1n) is 10.2. The number of pyridine rings is 1. The Morgan fingerprint density at radius 2 is 1.82 bits per heavy atom. The van der Waals surface area contributed by atoms with Crippen LogP contribution in [0.15, 0.2) is 60.9 Å². The van der Waals surface area contributed by atoms with Crippen LogP contribution < -0.4 is 4.74 Å². The van der Waals surface area contributed by atoms with E-state index < -0.39 is 6.29 Å². The zero-order valence-corrected chi connectivity index (χ0v) is 16.4. The molecule has 0 bridgehead atoms. The lowest BCUT2D eigenvalue weighted by molar-refractivity contribution is -0.0300. The first-order valence-corrected chi connectivity index (χ1v) is 10.2. The average molecular weight is 377 g/mol. The van der Waals surface area contributed by atoms with E-state index in [0.717, 1.165) is 38.2 Å². The van der Waals surface area contributed by atoms with Crippen LogP contribution in [-0.2, 0) is 0 Å². The Hall–Kier alpha value is -2.43. The zero-order chi connectivity index (χ0) is 19.3. The maximum atomic E-state index is 10.2. The molecule has 3 aromatic rings. The number of ether oxygens (including phenoxy) is 1. The number of hydrogen-bond acceptors (Lipinski definition) is 4. The third-order valence-electron chi connectivity index (χ3n) is 5.71. The fraction of sp³-hybridized carbons (Fsp3) is 0.375. The Kier molecular flexibility index (Phi) is 5.89. The van der Waals surface area contributed by atoms with E-state index in [1.165, 1.54) is 21.9 Å². The lowest BCUT2D eigenvalue weighted by atomic mass is 9.87. The van der Waals surface area contributed by atoms with Crippen LogP contribution in [0.1, 0.15) is 36.3 Å². The summed E-state index contributed by atoms with van der Waals surface area (Å²) in [7, 11) is 0. The van der Waals surface area contributed by atoms with E-state index in [4.69, 9.17) is 4.74 Å². The van der Waals surface area contributed by atoms with Gasteiger partial charge in [0.05, 0.1) is 0 Å². The quantitative estimate of drug-likeness (QED) is 0.643. The molecule has 4 heteroatoms. The van der Waals surface area contributed by atoms with Gasteiger partial charge in [0.2, 0.25) is 0 Å². The maximum absolute atomic E-state index is 10.2. The third-order valence-corrected chi connectivity index (χ3v) is 5.71. The Bertz CT molecular complexity index is 897. The number of rotatable bonds is 6. The Labute approximate surface area is 166 Å². The van der Waals surface area contributed by atoms with Crippen molar-refractivity contribution in [2.75, 3.05) is 19.6 Å². The van der Waals surface area contributed by atoms with Crippen LogP contribution in [0.5, 0.6) is 5.75 Å². The van der Waals surface area contributed by atoms with Gasteiger partial charge in [0.1, 0.15) is 5.75 Å². The fourth-order valence-corrected chi connectivity index (χ4v) is 4.06. The van der Waals surface area contributed by atoms with Crippen LogP contribution >= 0.6 is 0 Å². The molecular formula is C24H28N2O2. The molecule has 0 saturated carbocycles. The number of benzene rings is 2. The van der Waals surface area contributed by atoms with Gasteiger partial charge in [0.15, 0.2) is 6.29 Å². The van der Waals surface area contributed by atoms with Crippen molar-refractivity contribution in [3.05, 3.63) is 72.1 Å². The van der Waals surface area contributed by atoms with Crippen molar-refractivity contribution in [1.82, 2.24) is 9.88 Å². The molecule has 1 aliphatic heterocycles. The molecule has 1 aromatic heterocycles. The summed E-state index contributed by atoms with van der Waals surface area (Å²) in [5.41, 5.74) is 2.56. The molecule has 1 atom stereocenters. The highest BCUT2D eigenvalue weighted by atomic mass is 16.6. The monoisotopic (exact) mass is 376 g/mol. The normalized spacial score (nSPS) is 16.9. The molecule has 2 aromatic carbocycles. The molecule has 146 valence electrons. The van der Waals surface area contributed by atoms with Gasteiger partial charge in [-0.3, -0.25) is 4.98 Å². The first kappa shape index (κ1) is 18.9. The van der Waals surface area contributed by atoms with Crippen molar-refractivity contribution in [3.8, 4) is 5.75 Å². The molecule has 0 amide bonds. The Morgan fingerprint density at radius 1 is 1.07 bits per heavy atom. The second-order valence-electron chi connectivity index (χ2n) is 7.74. The van der Waals surface area contributed by atoms with Gasteiger partial charge < -0.3 is 14.7 Å². The topological polar surface area (TPSA) is 45.6 Å². The van der Waals surface area contributed by atoms with Crippen LogP contribution in [0, 0.1) is 6.92 Å². The van der Waals surface area contributed by atoms with E-state index in [1.807, 2.05) is 43.6 Å². The summed E-state index contributed by atoms with van der Waals surface area (Å²) in [4.78, 5) is 6.88. The van der Waals surface area contributed by atoms with Gasteiger partial charge in [-0.25, -0.2) is 0 Å². The molecule has 0 aliphatic carbocycles. The predicted molar refractivity (Wildman–Crippen MR) is 113 cm³/mol. The molecule has 1 aliphatic rings. The van der Waals surface area contributed by atoms with Gasteiger partial charge in [0.25, 0.3) is 0 Å². The number of aromatic nitrogens is 1. The minimum Gasteiger partial charge on any atom is -0.465 e. The molecule has 1 unspecified atom stereocenters. The van der Waals surface area contributed by atoms with E-state index in [0.29, 0.717) is 12.3 Å². The van der Waals surface area contributed by atoms with Crippen LogP contribution in [0.2, 0.25) is 0 Å². The number of aryl methyl sites for hydroxylation is 1. The summed E-state index contributed by atoms with van der Waals surface area (Å²) < 4.78 is 5.62. The SMILES string of the molecule is Cc1ccc(OC(O)CCN2CCC(c3cncc4ccccc34)CC2)cc1. The van der Waals surface area contributed by atoms with Gasteiger partial charge in [-0.15, -0.1) is 0 Å². The van der Waals surface area contributed by atoms with Crippen molar-refractivity contribution in [2.24, 2.45) is 0 Å². The fourth-order valence-electron chi connectivity index (χ4n) is 4.06. The average Bonchev–Trinajstić information content (AvgIpc) is 2.74. The third kappa shape index (κ3) is 4.51. The van der Waals surface area contributed by atoms with Gasteiger partial charge in [0, 0.05) is 30.7 Å². The highest BCUT2D eigenvalue weighted by Gasteiger charge is 2.22. The van der Waals surface area contributed by atoms with Gasteiger partial charge in [-0.1, -0.05) is 42.0 Å². The molecule has 4 nitrogen and oxygen atoms in total. The smallest absolute Gasteiger partial charge is 0.198 e. The van der Waals surface area contributed by atoms with E-state index in [-0.39, 0.29) is 0 Å². The second-order valence-corrected chi connectivity index (χ2v) is 7.74. The summed E-state index contributed by atoms with van der Waals surface area (Å²) >= 11 is 0. The van der Waals surface area contributed by atoms with Crippen LogP contribution in [0.4, 0.5) is 0 Å². The number of likely N-dealkylation sites (tertiary alicyclic amines) is 1. The number of aliphatic hydroxyl groups is 1. The largest absolute Gasteiger partial charge is 0.465 e. The van der Waals surface area contributed by atoms with Crippen molar-refractivity contribution < 1.29 is 9.84 Å². The molecule has 1 fully saturated rings. The highest BCUT2D eigenvalue weighted by molar-refractivity contribution is 5.85. The summed E-state index contributed by atoms with van der Waals surface area (Å²) in [6.45, 7) is 4.99. The molecule has 0 spiro atoms. The molecule has 1 saturated heterocycles. The van der Waals surface area contributed by atoms with Crippen LogP contribution in [0.25, 0.3) is 10.8 Å². The number of aliphatic hydroxyl groups excluding tert-OH is 1. The van der Waals surface area contributed by atoms with Crippen LogP contribution in [-0.4, -0.2) is 40.9 Å². The summed E-state index contributed by atoms with van der Waals surface area (Å²) in [5.74, 6) is 1.28. The second kappa shape index (κ2) is 8.72. The van der Waals surface area contributed by atoms with E-state index in [9.17, 15) is 5.11 Å². The number of piperidine rings is 1. The first-order chi connectivity index (χ1) is 13.7. The molecule has 4 rings (SSSR count). The maximum Gasteiger partial charge on any atom is 0.198 e. The Balaban J connectivity index is 1.28. The summed E-state index contributed by atoms with van der Waals surface area (Å²) in [6.07, 6.45) is 6.11. The molecule has 0 radical (unpaired) electrons. The lowest BCUT2D eigenvalue weighted by Crippen LogP contribution is -2.35. The number of nitrogens with zero attached hydrogens (tertiary/aromatic N) is 2. The van der Waals surface area contributed by atoms with E-state index >= 15 is 0 Å². The Morgan fingerprint density at radius 3 is 2.61 bits per heavy atom. The highest BCUT2D eigenvalue weighted by Crippen LogP contribution is 2.32. The molecular weight excluding hydrogens is 348 g/mol. The van der Waals surface area contributed by atoms with Crippen molar-refractivity contribution >= 4 is 10.8 Å². The molecule has 28 heavy (non-hydrogen) atoms.